The second-order valence-corrected chi connectivity index (χ2v) is 9.40. The highest BCUT2D eigenvalue weighted by atomic mass is 14.6. The van der Waals surface area contributed by atoms with Crippen molar-refractivity contribution in [2.75, 3.05) is 0 Å². The van der Waals surface area contributed by atoms with E-state index >= 15 is 0 Å². The van der Waals surface area contributed by atoms with E-state index in [0.29, 0.717) is 0 Å². The minimum absolute atomic E-state index is 1.21. The Labute approximate surface area is 196 Å². The van der Waals surface area contributed by atoms with E-state index in [-0.39, 0.29) is 0 Å². The van der Waals surface area contributed by atoms with Crippen LogP contribution in [-0.4, -0.2) is 9.97 Å². The zero-order valence-corrected chi connectivity index (χ0v) is 20.5. The van der Waals surface area contributed by atoms with E-state index in [0.717, 1.165) is 0 Å². The first-order valence-electron chi connectivity index (χ1n) is 13.3. The third kappa shape index (κ3) is 7.43. The number of rotatable bonds is 16. The van der Waals surface area contributed by atoms with Gasteiger partial charge in [0.1, 0.15) is 0 Å². The summed E-state index contributed by atoms with van der Waals surface area (Å²) in [5.74, 6) is 0. The molecule has 0 bridgehead atoms. The first kappa shape index (κ1) is 24.4. The molecular formula is C30H44N2. The summed E-state index contributed by atoms with van der Waals surface area (Å²) in [7, 11) is 0. The van der Waals surface area contributed by atoms with Crippen LogP contribution < -0.4 is 0 Å². The van der Waals surface area contributed by atoms with Crippen molar-refractivity contribution >= 4 is 0 Å². The second kappa shape index (κ2) is 14.0. The van der Waals surface area contributed by atoms with Crippen LogP contribution in [0.5, 0.6) is 0 Å². The molecule has 32 heavy (non-hydrogen) atoms. The number of aromatic nitrogens is 2. The van der Waals surface area contributed by atoms with Crippen molar-refractivity contribution in [1.29, 1.82) is 0 Å². The molecule has 0 atom stereocenters. The number of benzene rings is 1. The maximum atomic E-state index is 3.26. The molecule has 0 aliphatic carbocycles. The van der Waals surface area contributed by atoms with Gasteiger partial charge in [0.25, 0.3) is 0 Å². The zero-order chi connectivity index (χ0) is 22.4. The summed E-state index contributed by atoms with van der Waals surface area (Å²) in [6.07, 6.45) is 27.0. The molecule has 2 N–H and O–H groups in total. The van der Waals surface area contributed by atoms with E-state index < -0.39 is 0 Å². The Morgan fingerprint density at radius 3 is 1.31 bits per heavy atom. The average molecular weight is 433 g/mol. The van der Waals surface area contributed by atoms with E-state index in [2.05, 4.69) is 60.5 Å². The van der Waals surface area contributed by atoms with Crippen molar-refractivity contribution < 1.29 is 0 Å². The highest BCUT2D eigenvalue weighted by Crippen LogP contribution is 2.35. The van der Waals surface area contributed by atoms with Crippen molar-refractivity contribution in [3.05, 3.63) is 60.2 Å². The Morgan fingerprint density at radius 1 is 0.531 bits per heavy atom. The largest absolute Gasteiger partial charge is 0.367 e. The molecule has 2 aromatic heterocycles. The molecule has 174 valence electrons. The number of unbranched alkanes of at least 4 members (excludes halogenated alkanes) is 10. The van der Waals surface area contributed by atoms with Crippen LogP contribution in [0.15, 0.2) is 49.1 Å². The van der Waals surface area contributed by atoms with E-state index in [9.17, 15) is 0 Å². The number of hydrogen-bond acceptors (Lipinski definition) is 0. The lowest BCUT2D eigenvalue weighted by atomic mass is 9.88. The normalized spacial score (nSPS) is 11.3. The lowest BCUT2D eigenvalue weighted by Crippen LogP contribution is -1.99. The number of H-pyrrole nitrogens is 2. The fourth-order valence-corrected chi connectivity index (χ4v) is 4.81. The summed E-state index contributed by atoms with van der Waals surface area (Å²) < 4.78 is 0. The van der Waals surface area contributed by atoms with Gasteiger partial charge in [-0.15, -0.1) is 0 Å². The van der Waals surface area contributed by atoms with Crippen molar-refractivity contribution in [2.45, 2.75) is 104 Å². The summed E-state index contributed by atoms with van der Waals surface area (Å²) in [4.78, 5) is 6.51. The molecule has 0 aliphatic rings. The summed E-state index contributed by atoms with van der Waals surface area (Å²) >= 11 is 0. The predicted octanol–water partition coefficient (Wildman–Crippen LogP) is 9.48. The number of aromatic amines is 2. The Bertz CT molecular complexity index is 785. The summed E-state index contributed by atoms with van der Waals surface area (Å²) in [6, 6.07) is 9.41. The van der Waals surface area contributed by atoms with Crippen LogP contribution in [-0.2, 0) is 12.8 Å². The standard InChI is InChI=1S/C30H44N2/c1-3-5-7-9-11-13-15-25-21-29(27-17-19-31-23-27)30(28-18-20-32-24-28)22-26(25)16-14-12-10-8-6-4-2/h17-24,31-32H,3-16H2,1-2H3. The molecule has 0 unspecified atom stereocenters. The smallest absolute Gasteiger partial charge is 0.00843 e. The van der Waals surface area contributed by atoms with E-state index in [4.69, 9.17) is 0 Å². The van der Waals surface area contributed by atoms with Crippen LogP contribution in [0.3, 0.4) is 0 Å². The molecule has 0 spiro atoms. The van der Waals surface area contributed by atoms with Crippen LogP contribution >= 0.6 is 0 Å². The maximum Gasteiger partial charge on any atom is 0.00843 e. The Hall–Kier alpha value is -2.22. The topological polar surface area (TPSA) is 31.6 Å². The molecule has 0 saturated carbocycles. The highest BCUT2D eigenvalue weighted by molar-refractivity contribution is 5.84. The molecule has 0 aliphatic heterocycles. The number of aryl methyl sites for hydroxylation is 2. The lowest BCUT2D eigenvalue weighted by Gasteiger charge is -2.16. The predicted molar refractivity (Wildman–Crippen MR) is 140 cm³/mol. The van der Waals surface area contributed by atoms with Gasteiger partial charge in [0.2, 0.25) is 0 Å². The average Bonchev–Trinajstić information content (AvgIpc) is 3.53. The van der Waals surface area contributed by atoms with Crippen LogP contribution in [0.4, 0.5) is 0 Å². The summed E-state index contributed by atoms with van der Waals surface area (Å²) in [5, 5.41) is 0. The minimum Gasteiger partial charge on any atom is -0.367 e. The Balaban J connectivity index is 1.78. The lowest BCUT2D eigenvalue weighted by molar-refractivity contribution is 0.599. The molecule has 3 aromatic rings. The van der Waals surface area contributed by atoms with Crippen LogP contribution in [0.25, 0.3) is 22.3 Å². The van der Waals surface area contributed by atoms with Crippen molar-refractivity contribution in [3.63, 3.8) is 0 Å². The highest BCUT2D eigenvalue weighted by Gasteiger charge is 2.14. The van der Waals surface area contributed by atoms with Gasteiger partial charge in [0, 0.05) is 24.8 Å². The zero-order valence-electron chi connectivity index (χ0n) is 20.5. The number of hydrogen-bond donors (Lipinski definition) is 2. The maximum absolute atomic E-state index is 3.26. The Kier molecular flexibility index (Phi) is 10.7. The van der Waals surface area contributed by atoms with Crippen molar-refractivity contribution in [1.82, 2.24) is 9.97 Å². The van der Waals surface area contributed by atoms with Crippen LogP contribution in [0.1, 0.15) is 102 Å². The van der Waals surface area contributed by atoms with Crippen molar-refractivity contribution in [2.24, 2.45) is 0 Å². The first-order chi connectivity index (χ1) is 15.8. The molecule has 0 radical (unpaired) electrons. The first-order valence-corrected chi connectivity index (χ1v) is 13.3. The molecule has 0 saturated heterocycles. The van der Waals surface area contributed by atoms with Gasteiger partial charge in [-0.25, -0.2) is 0 Å². The molecule has 2 heteroatoms. The summed E-state index contributed by atoms with van der Waals surface area (Å²) in [5.41, 5.74) is 8.44. The minimum atomic E-state index is 1.21. The summed E-state index contributed by atoms with van der Waals surface area (Å²) in [6.45, 7) is 4.59. The third-order valence-electron chi connectivity index (χ3n) is 6.76. The SMILES string of the molecule is CCCCCCCCc1cc(-c2cc[nH]c2)c(-c2cc[nH]c2)cc1CCCCCCCC. The molecule has 0 amide bonds. The van der Waals surface area contributed by atoms with Gasteiger partial charge in [-0.2, -0.15) is 0 Å². The molecular weight excluding hydrogens is 388 g/mol. The van der Waals surface area contributed by atoms with Crippen molar-refractivity contribution in [3.8, 4) is 22.3 Å². The van der Waals surface area contributed by atoms with Gasteiger partial charge in [0.05, 0.1) is 0 Å². The Morgan fingerprint density at radius 2 is 0.938 bits per heavy atom. The fraction of sp³-hybridized carbons (Fsp3) is 0.533. The molecule has 2 nitrogen and oxygen atoms in total. The fourth-order valence-electron chi connectivity index (χ4n) is 4.81. The number of nitrogens with one attached hydrogen (secondary N) is 2. The van der Waals surface area contributed by atoms with Gasteiger partial charge in [0.15, 0.2) is 0 Å². The van der Waals surface area contributed by atoms with Gasteiger partial charge in [-0.05, 0) is 71.2 Å². The monoisotopic (exact) mass is 432 g/mol. The molecule has 0 fully saturated rings. The van der Waals surface area contributed by atoms with Gasteiger partial charge in [-0.1, -0.05) is 90.2 Å². The van der Waals surface area contributed by atoms with Gasteiger partial charge in [-0.3, -0.25) is 0 Å². The molecule has 1 aromatic carbocycles. The second-order valence-electron chi connectivity index (χ2n) is 9.40. The van der Waals surface area contributed by atoms with Gasteiger partial charge >= 0.3 is 0 Å². The van der Waals surface area contributed by atoms with E-state index in [1.54, 1.807) is 11.1 Å². The quantitative estimate of drug-likeness (QED) is 0.211. The van der Waals surface area contributed by atoms with Crippen LogP contribution in [0.2, 0.25) is 0 Å². The molecule has 2 heterocycles. The third-order valence-corrected chi connectivity index (χ3v) is 6.76. The van der Waals surface area contributed by atoms with E-state index in [1.165, 1.54) is 112 Å². The van der Waals surface area contributed by atoms with Gasteiger partial charge < -0.3 is 9.97 Å². The van der Waals surface area contributed by atoms with E-state index in [1.807, 2.05) is 12.4 Å². The molecule has 3 rings (SSSR count). The van der Waals surface area contributed by atoms with Crippen LogP contribution in [0, 0.1) is 0 Å².